The predicted octanol–water partition coefficient (Wildman–Crippen LogP) is 5.22. The summed E-state index contributed by atoms with van der Waals surface area (Å²) in [6.07, 6.45) is -1.91. The minimum atomic E-state index is -4.70. The SMILES string of the molecule is Cc1ccccc1Cn1ccc(NC(=O)c2cnn3c(C(F)(F)F)cc(-c4ccccc4)nc23)n1. The zero-order chi connectivity index (χ0) is 24.6. The number of benzene rings is 2. The van der Waals surface area contributed by atoms with E-state index in [2.05, 4.69) is 20.5 Å². The van der Waals surface area contributed by atoms with Gasteiger partial charge in [-0.1, -0.05) is 54.6 Å². The van der Waals surface area contributed by atoms with Crippen molar-refractivity contribution >= 4 is 17.4 Å². The zero-order valence-electron chi connectivity index (χ0n) is 18.5. The summed E-state index contributed by atoms with van der Waals surface area (Å²) in [5.41, 5.74) is 1.44. The molecule has 0 saturated carbocycles. The summed E-state index contributed by atoms with van der Waals surface area (Å²) in [6.45, 7) is 2.51. The number of hydrogen-bond acceptors (Lipinski definition) is 4. The molecular weight excluding hydrogens is 457 g/mol. The molecule has 7 nitrogen and oxygen atoms in total. The van der Waals surface area contributed by atoms with Gasteiger partial charge in [0.25, 0.3) is 5.91 Å². The second-order valence-corrected chi connectivity index (χ2v) is 7.96. The van der Waals surface area contributed by atoms with Crippen LogP contribution in [0.3, 0.4) is 0 Å². The van der Waals surface area contributed by atoms with E-state index in [-0.39, 0.29) is 22.7 Å². The van der Waals surface area contributed by atoms with Crippen LogP contribution < -0.4 is 5.32 Å². The van der Waals surface area contributed by atoms with Gasteiger partial charge in [0.2, 0.25) is 0 Å². The van der Waals surface area contributed by atoms with Crippen LogP contribution in [0.15, 0.2) is 79.1 Å². The molecule has 3 heterocycles. The fraction of sp³-hybridized carbons (Fsp3) is 0.120. The third-order valence-electron chi connectivity index (χ3n) is 5.55. The van der Waals surface area contributed by atoms with Gasteiger partial charge >= 0.3 is 6.18 Å². The van der Waals surface area contributed by atoms with E-state index in [0.717, 1.165) is 23.4 Å². The number of halogens is 3. The van der Waals surface area contributed by atoms with Gasteiger partial charge in [0.05, 0.1) is 18.4 Å². The summed E-state index contributed by atoms with van der Waals surface area (Å²) in [5.74, 6) is -0.398. The minimum Gasteiger partial charge on any atom is -0.305 e. The van der Waals surface area contributed by atoms with E-state index in [9.17, 15) is 18.0 Å². The third-order valence-corrected chi connectivity index (χ3v) is 5.55. The number of nitrogens with zero attached hydrogens (tertiary/aromatic N) is 5. The molecule has 0 aliphatic carbocycles. The lowest BCUT2D eigenvalue weighted by molar-refractivity contribution is -0.142. The molecule has 2 aromatic carbocycles. The second-order valence-electron chi connectivity index (χ2n) is 7.96. The number of hydrogen-bond donors (Lipinski definition) is 1. The maximum Gasteiger partial charge on any atom is 0.433 e. The van der Waals surface area contributed by atoms with Gasteiger partial charge in [-0.3, -0.25) is 9.48 Å². The van der Waals surface area contributed by atoms with Gasteiger partial charge in [0.15, 0.2) is 17.2 Å². The molecule has 10 heteroatoms. The fourth-order valence-electron chi connectivity index (χ4n) is 3.74. The standard InChI is InChI=1S/C25H19F3N6O/c1-16-7-5-6-10-18(16)15-33-12-11-22(32-33)31-24(35)19-14-29-34-21(25(26,27)28)13-20(30-23(19)34)17-8-3-2-4-9-17/h2-14H,15H2,1H3,(H,31,32,35). The topological polar surface area (TPSA) is 77.1 Å². The monoisotopic (exact) mass is 476 g/mol. The Hall–Kier alpha value is -4.47. The molecule has 176 valence electrons. The molecule has 0 spiro atoms. The van der Waals surface area contributed by atoms with Crippen LogP contribution in [0.4, 0.5) is 19.0 Å². The molecular formula is C25H19F3N6O. The van der Waals surface area contributed by atoms with E-state index in [1.54, 1.807) is 47.3 Å². The lowest BCUT2D eigenvalue weighted by Gasteiger charge is -2.11. The molecule has 0 aliphatic rings. The molecule has 3 aromatic heterocycles. The summed E-state index contributed by atoms with van der Waals surface area (Å²) in [4.78, 5) is 17.3. The first kappa shape index (κ1) is 22.3. The lowest BCUT2D eigenvalue weighted by Crippen LogP contribution is -2.16. The Morgan fingerprint density at radius 1 is 1.03 bits per heavy atom. The van der Waals surface area contributed by atoms with E-state index in [1.807, 2.05) is 31.2 Å². The van der Waals surface area contributed by atoms with Crippen LogP contribution in [-0.4, -0.2) is 30.3 Å². The maximum atomic E-state index is 13.8. The Balaban J connectivity index is 1.47. The van der Waals surface area contributed by atoms with Crippen molar-refractivity contribution in [3.05, 3.63) is 102 Å². The van der Waals surface area contributed by atoms with Crippen molar-refractivity contribution in [3.63, 3.8) is 0 Å². The van der Waals surface area contributed by atoms with E-state index in [0.29, 0.717) is 16.6 Å². The molecule has 5 aromatic rings. The van der Waals surface area contributed by atoms with Gasteiger partial charge in [-0.15, -0.1) is 0 Å². The van der Waals surface area contributed by atoms with Crippen LogP contribution in [0.2, 0.25) is 0 Å². The van der Waals surface area contributed by atoms with Crippen LogP contribution in [-0.2, 0) is 12.7 Å². The van der Waals surface area contributed by atoms with Crippen LogP contribution >= 0.6 is 0 Å². The van der Waals surface area contributed by atoms with Gasteiger partial charge in [-0.2, -0.15) is 23.4 Å². The first-order valence-corrected chi connectivity index (χ1v) is 10.7. The number of fused-ring (bicyclic) bond motifs is 1. The van der Waals surface area contributed by atoms with Gasteiger partial charge in [0, 0.05) is 17.8 Å². The van der Waals surface area contributed by atoms with Crippen LogP contribution in [0.25, 0.3) is 16.9 Å². The van der Waals surface area contributed by atoms with Crippen molar-refractivity contribution in [1.29, 1.82) is 0 Å². The molecule has 5 rings (SSSR count). The average molecular weight is 476 g/mol. The molecule has 0 fully saturated rings. The van der Waals surface area contributed by atoms with Crippen molar-refractivity contribution < 1.29 is 18.0 Å². The summed E-state index contributed by atoms with van der Waals surface area (Å²) in [6, 6.07) is 18.9. The number of aryl methyl sites for hydroxylation is 1. The summed E-state index contributed by atoms with van der Waals surface area (Å²) < 4.78 is 43.6. The fourth-order valence-corrected chi connectivity index (χ4v) is 3.74. The van der Waals surface area contributed by atoms with Crippen molar-refractivity contribution in [2.45, 2.75) is 19.6 Å². The average Bonchev–Trinajstić information content (AvgIpc) is 3.46. The quantitative estimate of drug-likeness (QED) is 0.377. The Morgan fingerprint density at radius 2 is 1.77 bits per heavy atom. The highest BCUT2D eigenvalue weighted by Gasteiger charge is 2.36. The highest BCUT2D eigenvalue weighted by atomic mass is 19.4. The summed E-state index contributed by atoms with van der Waals surface area (Å²) >= 11 is 0. The highest BCUT2D eigenvalue weighted by molar-refractivity contribution is 6.07. The third kappa shape index (κ3) is 4.50. The molecule has 0 bridgehead atoms. The predicted molar refractivity (Wildman–Crippen MR) is 124 cm³/mol. The van der Waals surface area contributed by atoms with Crippen LogP contribution in [0.5, 0.6) is 0 Å². The second kappa shape index (κ2) is 8.71. The Morgan fingerprint density at radius 3 is 2.51 bits per heavy atom. The van der Waals surface area contributed by atoms with Crippen molar-refractivity contribution in [2.24, 2.45) is 0 Å². The van der Waals surface area contributed by atoms with E-state index in [1.165, 1.54) is 0 Å². The maximum absolute atomic E-state index is 13.8. The number of amides is 1. The highest BCUT2D eigenvalue weighted by Crippen LogP contribution is 2.32. The molecule has 0 unspecified atom stereocenters. The Bertz CT molecular complexity index is 1520. The first-order chi connectivity index (χ1) is 16.8. The van der Waals surface area contributed by atoms with E-state index < -0.39 is 17.8 Å². The number of aromatic nitrogens is 5. The molecule has 0 saturated heterocycles. The Kier molecular flexibility index (Phi) is 5.56. The molecule has 0 radical (unpaired) electrons. The van der Waals surface area contributed by atoms with Crippen molar-refractivity contribution in [3.8, 4) is 11.3 Å². The van der Waals surface area contributed by atoms with Crippen LogP contribution in [0, 0.1) is 6.92 Å². The molecule has 0 atom stereocenters. The lowest BCUT2D eigenvalue weighted by atomic mass is 10.1. The van der Waals surface area contributed by atoms with Crippen molar-refractivity contribution in [1.82, 2.24) is 24.4 Å². The number of carbonyl (C=O) groups is 1. The van der Waals surface area contributed by atoms with Crippen molar-refractivity contribution in [2.75, 3.05) is 5.32 Å². The number of alkyl halides is 3. The molecule has 0 aliphatic heterocycles. The minimum absolute atomic E-state index is 0.0856. The smallest absolute Gasteiger partial charge is 0.305 e. The normalized spacial score (nSPS) is 11.7. The Labute approximate surface area is 197 Å². The first-order valence-electron chi connectivity index (χ1n) is 10.7. The van der Waals surface area contributed by atoms with Gasteiger partial charge in [-0.25, -0.2) is 9.50 Å². The summed E-state index contributed by atoms with van der Waals surface area (Å²) in [7, 11) is 0. The number of rotatable bonds is 5. The number of carbonyl (C=O) groups excluding carboxylic acids is 1. The molecule has 1 amide bonds. The number of anilines is 1. The van der Waals surface area contributed by atoms with Crippen LogP contribution in [0.1, 0.15) is 27.2 Å². The molecule has 1 N–H and O–H groups in total. The molecule has 35 heavy (non-hydrogen) atoms. The summed E-state index contributed by atoms with van der Waals surface area (Å²) in [5, 5.41) is 10.8. The van der Waals surface area contributed by atoms with Gasteiger partial charge in [0.1, 0.15) is 5.56 Å². The largest absolute Gasteiger partial charge is 0.433 e. The van der Waals surface area contributed by atoms with E-state index >= 15 is 0 Å². The zero-order valence-corrected chi connectivity index (χ0v) is 18.5. The van der Waals surface area contributed by atoms with Gasteiger partial charge in [-0.05, 0) is 24.1 Å². The number of nitrogens with one attached hydrogen (secondary N) is 1. The van der Waals surface area contributed by atoms with E-state index in [4.69, 9.17) is 0 Å². The van der Waals surface area contributed by atoms with Gasteiger partial charge < -0.3 is 5.32 Å².